The molecule has 1 aliphatic carbocycles. The van der Waals surface area contributed by atoms with Gasteiger partial charge in [0.05, 0.1) is 13.0 Å². The molecule has 0 radical (unpaired) electrons. The Morgan fingerprint density at radius 1 is 1.46 bits per heavy atom. The van der Waals surface area contributed by atoms with Crippen LogP contribution < -0.4 is 0 Å². The molecular weight excluding hydrogens is 162 g/mol. The normalized spacial score (nSPS) is 25.7. The second-order valence-corrected chi connectivity index (χ2v) is 3.24. The molecule has 2 heteroatoms. The fourth-order valence-electron chi connectivity index (χ4n) is 1.81. The highest BCUT2D eigenvalue weighted by atomic mass is 16.5. The second kappa shape index (κ2) is 3.21. The number of aliphatic imine (C=N–C) groups is 1. The molecule has 0 fully saturated rings. The Morgan fingerprint density at radius 3 is 3.08 bits per heavy atom. The Morgan fingerprint density at radius 2 is 2.31 bits per heavy atom. The van der Waals surface area contributed by atoms with Gasteiger partial charge in [-0.1, -0.05) is 12.2 Å². The third-order valence-electron chi connectivity index (χ3n) is 2.50. The van der Waals surface area contributed by atoms with Crippen LogP contribution in [0, 0.1) is 5.92 Å². The van der Waals surface area contributed by atoms with Gasteiger partial charge >= 0.3 is 0 Å². The molecule has 0 N–H and O–H groups in total. The summed E-state index contributed by atoms with van der Waals surface area (Å²) in [4.78, 5) is 4.27. The highest BCUT2D eigenvalue weighted by Crippen LogP contribution is 2.30. The molecule has 2 aliphatic rings. The average Bonchev–Trinajstić information content (AvgIpc) is 2.18. The summed E-state index contributed by atoms with van der Waals surface area (Å²) in [6, 6.07) is 0. The molecule has 0 aromatic carbocycles. The molecule has 0 saturated carbocycles. The fourth-order valence-corrected chi connectivity index (χ4v) is 1.81. The Kier molecular flexibility index (Phi) is 2.05. The van der Waals surface area contributed by atoms with Gasteiger partial charge in [0.2, 0.25) is 0 Å². The van der Waals surface area contributed by atoms with Crippen LogP contribution in [0.3, 0.4) is 0 Å². The van der Waals surface area contributed by atoms with Gasteiger partial charge in [0.1, 0.15) is 5.76 Å². The zero-order valence-electron chi connectivity index (χ0n) is 7.95. The molecule has 1 atom stereocenters. The van der Waals surface area contributed by atoms with E-state index in [4.69, 9.17) is 4.74 Å². The first-order valence-corrected chi connectivity index (χ1v) is 4.48. The molecule has 0 bridgehead atoms. The van der Waals surface area contributed by atoms with Gasteiger partial charge in [0, 0.05) is 11.9 Å². The first-order chi connectivity index (χ1) is 6.33. The highest BCUT2D eigenvalue weighted by molar-refractivity contribution is 6.00. The summed E-state index contributed by atoms with van der Waals surface area (Å²) in [6.07, 6.45) is 9.23. The van der Waals surface area contributed by atoms with Crippen LogP contribution in [0.1, 0.15) is 13.3 Å². The molecule has 68 valence electrons. The van der Waals surface area contributed by atoms with Gasteiger partial charge in [-0.2, -0.15) is 0 Å². The van der Waals surface area contributed by atoms with E-state index in [1.54, 1.807) is 7.11 Å². The van der Waals surface area contributed by atoms with Crippen LogP contribution in [0.5, 0.6) is 0 Å². The van der Waals surface area contributed by atoms with Crippen molar-refractivity contribution >= 4 is 5.71 Å². The van der Waals surface area contributed by atoms with E-state index in [-0.39, 0.29) is 0 Å². The zero-order valence-corrected chi connectivity index (χ0v) is 7.95. The van der Waals surface area contributed by atoms with Crippen molar-refractivity contribution in [2.24, 2.45) is 10.9 Å². The van der Waals surface area contributed by atoms with Crippen LogP contribution in [-0.2, 0) is 4.74 Å². The smallest absolute Gasteiger partial charge is 0.103 e. The van der Waals surface area contributed by atoms with Crippen LogP contribution in [-0.4, -0.2) is 12.8 Å². The molecule has 1 aliphatic heterocycles. The summed E-state index contributed by atoms with van der Waals surface area (Å²) in [5.41, 5.74) is 2.40. The SMILES string of the molecule is COC1=CCC=C2C(C)=NC=CC12. The lowest BCUT2D eigenvalue weighted by Gasteiger charge is -2.24. The van der Waals surface area contributed by atoms with Gasteiger partial charge in [0.25, 0.3) is 0 Å². The van der Waals surface area contributed by atoms with Crippen LogP contribution >= 0.6 is 0 Å². The number of nitrogens with zero attached hydrogens (tertiary/aromatic N) is 1. The molecule has 0 spiro atoms. The van der Waals surface area contributed by atoms with Gasteiger partial charge in [-0.05, 0) is 25.0 Å². The van der Waals surface area contributed by atoms with Gasteiger partial charge in [0.15, 0.2) is 0 Å². The molecule has 0 aromatic heterocycles. The van der Waals surface area contributed by atoms with E-state index >= 15 is 0 Å². The molecule has 2 rings (SSSR count). The van der Waals surface area contributed by atoms with Crippen molar-refractivity contribution in [3.05, 3.63) is 35.8 Å². The quantitative estimate of drug-likeness (QED) is 0.600. The lowest BCUT2D eigenvalue weighted by Crippen LogP contribution is -2.17. The van der Waals surface area contributed by atoms with E-state index in [9.17, 15) is 0 Å². The lowest BCUT2D eigenvalue weighted by atomic mass is 9.87. The van der Waals surface area contributed by atoms with Crippen molar-refractivity contribution in [2.75, 3.05) is 7.11 Å². The molecule has 1 heterocycles. The first kappa shape index (κ1) is 8.30. The van der Waals surface area contributed by atoms with E-state index in [1.807, 2.05) is 13.1 Å². The zero-order chi connectivity index (χ0) is 9.26. The standard InChI is InChI=1S/C11H13NO/c1-8-9-4-3-5-11(13-2)10(9)6-7-12-8/h4-7,10H,3H2,1-2H3. The third kappa shape index (κ3) is 1.32. The van der Waals surface area contributed by atoms with Crippen molar-refractivity contribution in [1.29, 1.82) is 0 Å². The first-order valence-electron chi connectivity index (χ1n) is 4.48. The van der Waals surface area contributed by atoms with Gasteiger partial charge < -0.3 is 4.74 Å². The second-order valence-electron chi connectivity index (χ2n) is 3.24. The van der Waals surface area contributed by atoms with E-state index in [0.29, 0.717) is 5.92 Å². The number of fused-ring (bicyclic) bond motifs is 1. The summed E-state index contributed by atoms with van der Waals surface area (Å²) in [5.74, 6) is 1.35. The van der Waals surface area contributed by atoms with Crippen LogP contribution in [0.25, 0.3) is 0 Å². The number of allylic oxidation sites excluding steroid dienone is 3. The average molecular weight is 175 g/mol. The van der Waals surface area contributed by atoms with E-state index in [2.05, 4.69) is 23.2 Å². The summed E-state index contributed by atoms with van der Waals surface area (Å²) in [7, 11) is 1.73. The predicted molar refractivity (Wildman–Crippen MR) is 53.5 cm³/mol. The topological polar surface area (TPSA) is 21.6 Å². The minimum Gasteiger partial charge on any atom is -0.500 e. The molecule has 0 amide bonds. The maximum absolute atomic E-state index is 5.32. The molecule has 0 saturated heterocycles. The van der Waals surface area contributed by atoms with Crippen LogP contribution in [0.4, 0.5) is 0 Å². The van der Waals surface area contributed by atoms with Crippen molar-refractivity contribution < 1.29 is 4.74 Å². The molecule has 1 unspecified atom stereocenters. The minimum absolute atomic E-state index is 0.302. The third-order valence-corrected chi connectivity index (χ3v) is 2.50. The van der Waals surface area contributed by atoms with E-state index in [0.717, 1.165) is 17.9 Å². The Bertz CT molecular complexity index is 334. The Balaban J connectivity index is 2.34. The summed E-state index contributed by atoms with van der Waals surface area (Å²) in [5, 5.41) is 0. The fraction of sp³-hybridized carbons (Fsp3) is 0.364. The van der Waals surface area contributed by atoms with E-state index in [1.165, 1.54) is 5.57 Å². The Hall–Kier alpha value is -1.31. The molecule has 2 nitrogen and oxygen atoms in total. The largest absolute Gasteiger partial charge is 0.500 e. The maximum Gasteiger partial charge on any atom is 0.103 e. The van der Waals surface area contributed by atoms with Crippen LogP contribution in [0.15, 0.2) is 40.8 Å². The molecular formula is C11H13NO. The number of ether oxygens (including phenoxy) is 1. The van der Waals surface area contributed by atoms with Crippen LogP contribution in [0.2, 0.25) is 0 Å². The highest BCUT2D eigenvalue weighted by Gasteiger charge is 2.23. The van der Waals surface area contributed by atoms with Gasteiger partial charge in [-0.3, -0.25) is 4.99 Å². The Labute approximate surface area is 78.3 Å². The molecule has 0 aromatic rings. The maximum atomic E-state index is 5.32. The number of hydrogen-bond donors (Lipinski definition) is 0. The number of rotatable bonds is 1. The van der Waals surface area contributed by atoms with Crippen molar-refractivity contribution in [2.45, 2.75) is 13.3 Å². The van der Waals surface area contributed by atoms with Gasteiger partial charge in [-0.15, -0.1) is 0 Å². The van der Waals surface area contributed by atoms with E-state index < -0.39 is 0 Å². The monoisotopic (exact) mass is 175 g/mol. The molecule has 13 heavy (non-hydrogen) atoms. The lowest BCUT2D eigenvalue weighted by molar-refractivity contribution is 0.264. The summed E-state index contributed by atoms with van der Waals surface area (Å²) in [6.45, 7) is 2.04. The summed E-state index contributed by atoms with van der Waals surface area (Å²) >= 11 is 0. The van der Waals surface area contributed by atoms with Crippen molar-refractivity contribution in [3.8, 4) is 0 Å². The minimum atomic E-state index is 0.302. The predicted octanol–water partition coefficient (Wildman–Crippen LogP) is 2.45. The number of methoxy groups -OCH3 is 1. The van der Waals surface area contributed by atoms with Crippen molar-refractivity contribution in [3.63, 3.8) is 0 Å². The number of hydrogen-bond acceptors (Lipinski definition) is 2. The van der Waals surface area contributed by atoms with Crippen molar-refractivity contribution in [1.82, 2.24) is 0 Å². The van der Waals surface area contributed by atoms with Gasteiger partial charge in [-0.25, -0.2) is 0 Å². The summed E-state index contributed by atoms with van der Waals surface area (Å²) < 4.78 is 5.32.